The Bertz CT molecular complexity index is 882. The second-order valence-electron chi connectivity index (χ2n) is 7.45. The van der Waals surface area contributed by atoms with E-state index in [0.717, 1.165) is 35.8 Å². The zero-order chi connectivity index (χ0) is 20.4. The van der Waals surface area contributed by atoms with Crippen LogP contribution in [0.2, 0.25) is 0 Å². The summed E-state index contributed by atoms with van der Waals surface area (Å²) >= 11 is 1.97. The highest BCUT2D eigenvalue weighted by atomic mass is 32.2. The summed E-state index contributed by atoms with van der Waals surface area (Å²) in [7, 11) is 1.69. The summed E-state index contributed by atoms with van der Waals surface area (Å²) < 4.78 is 13.3. The number of rotatable bonds is 4. The largest absolute Gasteiger partial charge is 0.370 e. The van der Waals surface area contributed by atoms with Crippen LogP contribution in [0.1, 0.15) is 18.0 Å². The Morgan fingerprint density at radius 1 is 1.07 bits per heavy atom. The van der Waals surface area contributed by atoms with Gasteiger partial charge in [0, 0.05) is 49.4 Å². The molecule has 2 aromatic carbocycles. The molecule has 0 saturated carbocycles. The molecule has 0 radical (unpaired) electrons. The second-order valence-corrected chi connectivity index (χ2v) is 8.67. The van der Waals surface area contributed by atoms with Gasteiger partial charge < -0.3 is 15.1 Å². The lowest BCUT2D eigenvalue weighted by molar-refractivity contribution is -0.127. The van der Waals surface area contributed by atoms with Crippen LogP contribution in [0.25, 0.3) is 0 Å². The van der Waals surface area contributed by atoms with Gasteiger partial charge in [-0.05, 0) is 42.0 Å². The number of halogens is 1. The van der Waals surface area contributed by atoms with Crippen molar-refractivity contribution in [3.05, 3.63) is 59.9 Å². The van der Waals surface area contributed by atoms with Crippen molar-refractivity contribution in [3.8, 4) is 0 Å². The Morgan fingerprint density at radius 2 is 1.72 bits per heavy atom. The van der Waals surface area contributed by atoms with Crippen LogP contribution >= 0.6 is 11.8 Å². The molecule has 2 unspecified atom stereocenters. The molecule has 0 spiro atoms. The van der Waals surface area contributed by atoms with Crippen LogP contribution in [-0.4, -0.2) is 48.4 Å². The summed E-state index contributed by atoms with van der Waals surface area (Å²) in [5.74, 6) is 1.13. The number of hydrogen-bond donors (Lipinski definition) is 1. The molecule has 7 heteroatoms. The second kappa shape index (κ2) is 8.45. The fourth-order valence-electron chi connectivity index (χ4n) is 4.03. The van der Waals surface area contributed by atoms with Gasteiger partial charge in [-0.2, -0.15) is 11.8 Å². The maximum absolute atomic E-state index is 13.3. The summed E-state index contributed by atoms with van der Waals surface area (Å²) in [6.07, 6.45) is 0.147. The molecule has 0 aliphatic carbocycles. The highest BCUT2D eigenvalue weighted by Crippen LogP contribution is 2.37. The van der Waals surface area contributed by atoms with E-state index < -0.39 is 12.0 Å². The molecule has 29 heavy (non-hydrogen) atoms. The molecule has 0 aromatic heterocycles. The van der Waals surface area contributed by atoms with Gasteiger partial charge in [-0.15, -0.1) is 0 Å². The number of carbonyl (C=O) groups excluding carboxylic acids is 2. The molecule has 4 rings (SSSR count). The summed E-state index contributed by atoms with van der Waals surface area (Å²) in [6.45, 7) is 2.07. The Balaban J connectivity index is 1.47. The highest BCUT2D eigenvalue weighted by molar-refractivity contribution is 7.99. The molecule has 2 amide bonds. The first-order valence-corrected chi connectivity index (χ1v) is 10.9. The summed E-state index contributed by atoms with van der Waals surface area (Å²) in [6, 6.07) is 13.5. The van der Waals surface area contributed by atoms with E-state index in [4.69, 9.17) is 0 Å². The maximum Gasteiger partial charge on any atom is 0.230 e. The molecule has 2 heterocycles. The topological polar surface area (TPSA) is 52.7 Å². The summed E-state index contributed by atoms with van der Waals surface area (Å²) in [4.78, 5) is 29.2. The average molecular weight is 414 g/mol. The number of benzene rings is 2. The van der Waals surface area contributed by atoms with Crippen molar-refractivity contribution in [2.45, 2.75) is 12.5 Å². The van der Waals surface area contributed by atoms with Crippen molar-refractivity contribution in [2.24, 2.45) is 5.92 Å². The lowest BCUT2D eigenvalue weighted by Crippen LogP contribution is -2.32. The first-order valence-electron chi connectivity index (χ1n) is 9.77. The maximum atomic E-state index is 13.3. The SMILES string of the molecule is CN1C(=O)CC(C(=O)Nc2ccc(N3CCSCC3)cc2)C1c1ccc(F)cc1. The number of hydrogen-bond acceptors (Lipinski definition) is 4. The third kappa shape index (κ3) is 4.24. The number of thioether (sulfide) groups is 1. The molecule has 152 valence electrons. The van der Waals surface area contributed by atoms with Crippen LogP contribution in [0, 0.1) is 11.7 Å². The monoisotopic (exact) mass is 413 g/mol. The Morgan fingerprint density at radius 3 is 2.38 bits per heavy atom. The lowest BCUT2D eigenvalue weighted by Gasteiger charge is -2.28. The van der Waals surface area contributed by atoms with Gasteiger partial charge in [-0.1, -0.05) is 12.1 Å². The fourth-order valence-corrected chi connectivity index (χ4v) is 4.94. The summed E-state index contributed by atoms with van der Waals surface area (Å²) in [5, 5.41) is 2.95. The number of nitrogens with zero attached hydrogens (tertiary/aromatic N) is 2. The van der Waals surface area contributed by atoms with Crippen LogP contribution in [0.3, 0.4) is 0 Å². The molecular formula is C22H24FN3O2S. The Hall–Kier alpha value is -2.54. The first kappa shape index (κ1) is 19.8. The third-order valence-corrected chi connectivity index (χ3v) is 6.59. The minimum Gasteiger partial charge on any atom is -0.370 e. The van der Waals surface area contributed by atoms with Gasteiger partial charge in [0.05, 0.1) is 12.0 Å². The predicted octanol–water partition coefficient (Wildman–Crippen LogP) is 3.54. The Labute approximate surface area is 174 Å². The molecular weight excluding hydrogens is 389 g/mol. The average Bonchev–Trinajstić information content (AvgIpc) is 3.05. The van der Waals surface area contributed by atoms with Crippen molar-refractivity contribution in [3.63, 3.8) is 0 Å². The van der Waals surface area contributed by atoms with Gasteiger partial charge in [0.15, 0.2) is 0 Å². The number of carbonyl (C=O) groups is 2. The molecule has 2 aliphatic rings. The molecule has 2 saturated heterocycles. The van der Waals surface area contributed by atoms with E-state index in [1.54, 1.807) is 24.1 Å². The van der Waals surface area contributed by atoms with E-state index in [0.29, 0.717) is 5.69 Å². The third-order valence-electron chi connectivity index (χ3n) is 5.65. The first-order chi connectivity index (χ1) is 14.0. The molecule has 2 atom stereocenters. The number of nitrogens with one attached hydrogen (secondary N) is 1. The molecule has 2 aliphatic heterocycles. The lowest BCUT2D eigenvalue weighted by atomic mass is 9.93. The van der Waals surface area contributed by atoms with Crippen LogP contribution in [-0.2, 0) is 9.59 Å². The molecule has 1 N–H and O–H groups in total. The van der Waals surface area contributed by atoms with Gasteiger partial charge in [0.1, 0.15) is 5.82 Å². The van der Waals surface area contributed by atoms with Crippen LogP contribution < -0.4 is 10.2 Å². The standard InChI is InChI=1S/C22H24FN3O2S/c1-25-20(27)14-19(21(25)15-2-4-16(23)5-3-15)22(28)24-17-6-8-18(9-7-17)26-10-12-29-13-11-26/h2-9,19,21H,10-14H2,1H3,(H,24,28). The van der Waals surface area contributed by atoms with Crippen molar-refractivity contribution in [1.29, 1.82) is 0 Å². The molecule has 0 bridgehead atoms. The van der Waals surface area contributed by atoms with Crippen LogP contribution in [0.5, 0.6) is 0 Å². The number of likely N-dealkylation sites (tertiary alicyclic amines) is 1. The van der Waals surface area contributed by atoms with Gasteiger partial charge in [-0.3, -0.25) is 9.59 Å². The van der Waals surface area contributed by atoms with Crippen molar-refractivity contribution in [1.82, 2.24) is 4.90 Å². The zero-order valence-corrected chi connectivity index (χ0v) is 17.1. The quantitative estimate of drug-likeness (QED) is 0.833. The highest BCUT2D eigenvalue weighted by Gasteiger charge is 2.42. The minimum atomic E-state index is -0.517. The van der Waals surface area contributed by atoms with E-state index >= 15 is 0 Å². The van der Waals surface area contributed by atoms with E-state index in [2.05, 4.69) is 10.2 Å². The summed E-state index contributed by atoms with van der Waals surface area (Å²) in [5.41, 5.74) is 2.63. The van der Waals surface area contributed by atoms with Crippen LogP contribution in [0.4, 0.5) is 15.8 Å². The number of anilines is 2. The molecule has 5 nitrogen and oxygen atoms in total. The van der Waals surface area contributed by atoms with Crippen molar-refractivity contribution in [2.75, 3.05) is 41.9 Å². The fraction of sp³-hybridized carbons (Fsp3) is 0.364. The van der Waals surface area contributed by atoms with Gasteiger partial charge in [-0.25, -0.2) is 4.39 Å². The minimum absolute atomic E-state index is 0.0854. The predicted molar refractivity (Wildman–Crippen MR) is 115 cm³/mol. The van der Waals surface area contributed by atoms with Gasteiger partial charge in [0.2, 0.25) is 11.8 Å². The van der Waals surface area contributed by atoms with Gasteiger partial charge >= 0.3 is 0 Å². The smallest absolute Gasteiger partial charge is 0.230 e. The van der Waals surface area contributed by atoms with E-state index in [9.17, 15) is 14.0 Å². The van der Waals surface area contributed by atoms with E-state index in [1.807, 2.05) is 36.0 Å². The molecule has 2 aromatic rings. The Kier molecular flexibility index (Phi) is 5.76. The van der Waals surface area contributed by atoms with Crippen molar-refractivity contribution >= 4 is 35.0 Å². The van der Waals surface area contributed by atoms with E-state index in [-0.39, 0.29) is 24.1 Å². The zero-order valence-electron chi connectivity index (χ0n) is 16.3. The van der Waals surface area contributed by atoms with Crippen LogP contribution in [0.15, 0.2) is 48.5 Å². The molecule has 2 fully saturated rings. The normalized spacial score (nSPS) is 22.1. The number of amides is 2. The van der Waals surface area contributed by atoms with Crippen molar-refractivity contribution < 1.29 is 14.0 Å². The van der Waals surface area contributed by atoms with Gasteiger partial charge in [0.25, 0.3) is 0 Å². The van der Waals surface area contributed by atoms with E-state index in [1.165, 1.54) is 12.1 Å².